The quantitative estimate of drug-likeness (QED) is 0.557. The van der Waals surface area contributed by atoms with E-state index in [9.17, 15) is 0 Å². The molecule has 2 fully saturated rings. The van der Waals surface area contributed by atoms with E-state index in [1.165, 1.54) is 13.0 Å². The molecule has 0 bridgehead atoms. The van der Waals surface area contributed by atoms with Crippen LogP contribution < -0.4 is 5.32 Å². The van der Waals surface area contributed by atoms with Gasteiger partial charge < -0.3 is 15.0 Å². The first-order valence-corrected chi connectivity index (χ1v) is 4.76. The average molecular weight is 170 g/mol. The van der Waals surface area contributed by atoms with E-state index in [1.54, 1.807) is 0 Å². The van der Waals surface area contributed by atoms with Crippen LogP contribution in [0.25, 0.3) is 0 Å². The lowest BCUT2D eigenvalue weighted by molar-refractivity contribution is -0.0711. The highest BCUT2D eigenvalue weighted by Gasteiger charge is 2.40. The molecule has 0 aromatic heterocycles. The van der Waals surface area contributed by atoms with Crippen molar-refractivity contribution in [1.82, 2.24) is 10.2 Å². The lowest BCUT2D eigenvalue weighted by Crippen LogP contribution is -2.54. The summed E-state index contributed by atoms with van der Waals surface area (Å²) in [5.41, 5.74) is 0.140. The van der Waals surface area contributed by atoms with E-state index < -0.39 is 0 Å². The maximum atomic E-state index is 5.90. The van der Waals surface area contributed by atoms with Crippen LogP contribution in [0.4, 0.5) is 0 Å². The standard InChI is InChI=1S/C9H18N2O/c1-8-5-12-9(6-10-8)3-4-11(2)7-9/h8,10H,3-7H2,1-2H3. The second kappa shape index (κ2) is 2.98. The van der Waals surface area contributed by atoms with Crippen LogP contribution in [0.1, 0.15) is 13.3 Å². The van der Waals surface area contributed by atoms with Gasteiger partial charge in [-0.05, 0) is 20.4 Å². The molecular weight excluding hydrogens is 152 g/mol. The van der Waals surface area contributed by atoms with Crippen LogP contribution in [0, 0.1) is 0 Å². The van der Waals surface area contributed by atoms with Crippen molar-refractivity contribution in [3.63, 3.8) is 0 Å². The van der Waals surface area contributed by atoms with Crippen molar-refractivity contribution in [3.8, 4) is 0 Å². The fourth-order valence-electron chi connectivity index (χ4n) is 2.08. The third-order valence-electron chi connectivity index (χ3n) is 2.92. The van der Waals surface area contributed by atoms with E-state index >= 15 is 0 Å². The van der Waals surface area contributed by atoms with Gasteiger partial charge >= 0.3 is 0 Å². The van der Waals surface area contributed by atoms with Crippen molar-refractivity contribution in [1.29, 1.82) is 0 Å². The molecule has 3 heteroatoms. The van der Waals surface area contributed by atoms with E-state index in [-0.39, 0.29) is 5.60 Å². The summed E-state index contributed by atoms with van der Waals surface area (Å²) in [5.74, 6) is 0. The lowest BCUT2D eigenvalue weighted by atomic mass is 10.0. The highest BCUT2D eigenvalue weighted by atomic mass is 16.5. The van der Waals surface area contributed by atoms with Crippen molar-refractivity contribution in [3.05, 3.63) is 0 Å². The van der Waals surface area contributed by atoms with Crippen LogP contribution in [-0.2, 0) is 4.74 Å². The smallest absolute Gasteiger partial charge is 0.0945 e. The molecule has 1 N–H and O–H groups in total. The van der Waals surface area contributed by atoms with Gasteiger partial charge in [0.2, 0.25) is 0 Å². The lowest BCUT2D eigenvalue weighted by Gasteiger charge is -2.37. The Labute approximate surface area is 74.1 Å². The fourth-order valence-corrected chi connectivity index (χ4v) is 2.08. The normalized spacial score (nSPS) is 44.0. The maximum Gasteiger partial charge on any atom is 0.0945 e. The highest BCUT2D eigenvalue weighted by molar-refractivity contribution is 4.95. The molecule has 2 atom stereocenters. The zero-order valence-corrected chi connectivity index (χ0v) is 7.97. The Hall–Kier alpha value is -0.120. The van der Waals surface area contributed by atoms with Gasteiger partial charge in [0.15, 0.2) is 0 Å². The van der Waals surface area contributed by atoms with Gasteiger partial charge in [0, 0.05) is 25.7 Å². The van der Waals surface area contributed by atoms with Gasteiger partial charge in [-0.1, -0.05) is 0 Å². The largest absolute Gasteiger partial charge is 0.371 e. The Balaban J connectivity index is 1.95. The Morgan fingerprint density at radius 2 is 2.42 bits per heavy atom. The molecule has 1 spiro atoms. The first kappa shape index (κ1) is 8.48. The molecule has 12 heavy (non-hydrogen) atoms. The Morgan fingerprint density at radius 1 is 1.58 bits per heavy atom. The van der Waals surface area contributed by atoms with Gasteiger partial charge in [0.05, 0.1) is 12.2 Å². The monoisotopic (exact) mass is 170 g/mol. The first-order valence-electron chi connectivity index (χ1n) is 4.76. The van der Waals surface area contributed by atoms with E-state index in [2.05, 4.69) is 24.2 Å². The molecular formula is C9H18N2O. The van der Waals surface area contributed by atoms with Crippen LogP contribution in [-0.4, -0.2) is 49.8 Å². The second-order valence-corrected chi connectivity index (χ2v) is 4.26. The number of hydrogen-bond donors (Lipinski definition) is 1. The molecule has 70 valence electrons. The maximum absolute atomic E-state index is 5.90. The van der Waals surface area contributed by atoms with E-state index in [4.69, 9.17) is 4.74 Å². The number of likely N-dealkylation sites (N-methyl/N-ethyl adjacent to an activating group) is 1. The van der Waals surface area contributed by atoms with Gasteiger partial charge in [0.1, 0.15) is 0 Å². The molecule has 0 radical (unpaired) electrons. The molecule has 2 aliphatic rings. The molecule has 0 aliphatic carbocycles. The Kier molecular flexibility index (Phi) is 2.10. The van der Waals surface area contributed by atoms with Crippen LogP contribution >= 0.6 is 0 Å². The minimum atomic E-state index is 0.140. The van der Waals surface area contributed by atoms with Crippen molar-refractivity contribution < 1.29 is 4.74 Å². The summed E-state index contributed by atoms with van der Waals surface area (Å²) >= 11 is 0. The topological polar surface area (TPSA) is 24.5 Å². The summed E-state index contributed by atoms with van der Waals surface area (Å²) in [7, 11) is 2.16. The molecule has 0 aromatic rings. The van der Waals surface area contributed by atoms with Crippen LogP contribution in [0.2, 0.25) is 0 Å². The van der Waals surface area contributed by atoms with Crippen molar-refractivity contribution in [2.45, 2.75) is 25.0 Å². The summed E-state index contributed by atoms with van der Waals surface area (Å²) in [4.78, 5) is 2.34. The summed E-state index contributed by atoms with van der Waals surface area (Å²) < 4.78 is 5.90. The van der Waals surface area contributed by atoms with Crippen molar-refractivity contribution >= 4 is 0 Å². The van der Waals surface area contributed by atoms with E-state index in [0.717, 1.165) is 19.7 Å². The van der Waals surface area contributed by atoms with Gasteiger partial charge in [-0.3, -0.25) is 0 Å². The molecule has 2 aliphatic heterocycles. The molecule has 0 aromatic carbocycles. The number of hydrogen-bond acceptors (Lipinski definition) is 3. The van der Waals surface area contributed by atoms with E-state index in [0.29, 0.717) is 6.04 Å². The fraction of sp³-hybridized carbons (Fsp3) is 1.00. The number of rotatable bonds is 0. The average Bonchev–Trinajstić information content (AvgIpc) is 2.40. The highest BCUT2D eigenvalue weighted by Crippen LogP contribution is 2.26. The third-order valence-corrected chi connectivity index (χ3v) is 2.92. The predicted molar refractivity (Wildman–Crippen MR) is 48.3 cm³/mol. The molecule has 2 rings (SSSR count). The minimum Gasteiger partial charge on any atom is -0.371 e. The number of likely N-dealkylation sites (tertiary alicyclic amines) is 1. The molecule has 3 nitrogen and oxygen atoms in total. The Bertz CT molecular complexity index is 164. The van der Waals surface area contributed by atoms with Crippen LogP contribution in [0.3, 0.4) is 0 Å². The summed E-state index contributed by atoms with van der Waals surface area (Å²) in [5, 5.41) is 3.48. The van der Waals surface area contributed by atoms with Gasteiger partial charge in [-0.15, -0.1) is 0 Å². The summed E-state index contributed by atoms with van der Waals surface area (Å²) in [6.45, 7) is 6.33. The van der Waals surface area contributed by atoms with Crippen LogP contribution in [0.15, 0.2) is 0 Å². The number of ether oxygens (including phenoxy) is 1. The second-order valence-electron chi connectivity index (χ2n) is 4.26. The van der Waals surface area contributed by atoms with Gasteiger partial charge in [-0.2, -0.15) is 0 Å². The van der Waals surface area contributed by atoms with Gasteiger partial charge in [0.25, 0.3) is 0 Å². The van der Waals surface area contributed by atoms with Crippen LogP contribution in [0.5, 0.6) is 0 Å². The molecule has 2 saturated heterocycles. The molecule has 0 amide bonds. The number of nitrogens with one attached hydrogen (secondary N) is 1. The minimum absolute atomic E-state index is 0.140. The zero-order chi connectivity index (χ0) is 8.60. The zero-order valence-electron chi connectivity index (χ0n) is 7.97. The molecule has 0 saturated carbocycles. The third kappa shape index (κ3) is 1.49. The Morgan fingerprint density at radius 3 is 2.92 bits per heavy atom. The number of nitrogens with zero attached hydrogens (tertiary/aromatic N) is 1. The predicted octanol–water partition coefficient (Wildman–Crippen LogP) is 0.0690. The molecule has 2 unspecified atom stereocenters. The SMILES string of the molecule is CC1COC2(CCN(C)C2)CN1. The summed E-state index contributed by atoms with van der Waals surface area (Å²) in [6.07, 6.45) is 1.18. The summed E-state index contributed by atoms with van der Waals surface area (Å²) in [6, 6.07) is 0.529. The van der Waals surface area contributed by atoms with Gasteiger partial charge in [-0.25, -0.2) is 0 Å². The van der Waals surface area contributed by atoms with Crippen molar-refractivity contribution in [2.24, 2.45) is 0 Å². The van der Waals surface area contributed by atoms with Crippen molar-refractivity contribution in [2.75, 3.05) is 33.3 Å². The first-order chi connectivity index (χ1) is 5.70. The van der Waals surface area contributed by atoms with E-state index in [1.807, 2.05) is 0 Å². The number of morpholine rings is 1. The molecule has 2 heterocycles.